The predicted molar refractivity (Wildman–Crippen MR) is 120 cm³/mol. The molecule has 0 spiro atoms. The Labute approximate surface area is 184 Å². The van der Waals surface area contributed by atoms with E-state index in [0.29, 0.717) is 25.3 Å². The topological polar surface area (TPSA) is 81.9 Å². The number of nitrogens with one attached hydrogen (secondary N) is 1. The molecule has 158 valence electrons. The fraction of sp³-hybridized carbons (Fsp3) is 0.304. The van der Waals surface area contributed by atoms with Crippen LogP contribution in [0.2, 0.25) is 0 Å². The number of nitrogens with zero attached hydrogens (tertiary/aromatic N) is 4. The Kier molecular flexibility index (Phi) is 5.48. The molecule has 0 bridgehead atoms. The van der Waals surface area contributed by atoms with E-state index in [9.17, 15) is 4.79 Å². The number of amides is 1. The number of aryl methyl sites for hydroxylation is 1. The number of pyridine rings is 2. The van der Waals surface area contributed by atoms with Gasteiger partial charge in [-0.15, -0.1) is 11.3 Å². The molecule has 1 aliphatic heterocycles. The number of rotatable bonds is 5. The first-order chi connectivity index (χ1) is 15.2. The zero-order valence-electron chi connectivity index (χ0n) is 17.2. The van der Waals surface area contributed by atoms with E-state index in [0.717, 1.165) is 45.6 Å². The molecular formula is C23H23N5O2S. The van der Waals surface area contributed by atoms with Crippen LogP contribution < -0.4 is 5.32 Å². The van der Waals surface area contributed by atoms with Gasteiger partial charge in [-0.05, 0) is 53.6 Å². The minimum Gasteiger partial charge on any atom is -0.381 e. The van der Waals surface area contributed by atoms with Gasteiger partial charge >= 0.3 is 0 Å². The number of aromatic nitrogens is 4. The van der Waals surface area contributed by atoms with Crippen LogP contribution in [0.3, 0.4) is 0 Å². The van der Waals surface area contributed by atoms with Crippen LogP contribution in [-0.4, -0.2) is 44.9 Å². The number of carbonyl (C=O) groups is 1. The lowest BCUT2D eigenvalue weighted by atomic mass is 10.0. The number of hydrogen-bond donors (Lipinski definition) is 1. The molecule has 5 heterocycles. The standard InChI is InChI=1S/C23H23N5O2S/c1-28-8-4-19(27-28)18-3-2-15(14-24-18)12-16-13-21(26-20-7-11-31-22(16)20)23(29)25-17-5-9-30-10-6-17/h2-4,7-8,11,13-14,17H,5-6,9-10,12H2,1H3,(H,25,29). The average molecular weight is 434 g/mol. The molecule has 1 saturated heterocycles. The average Bonchev–Trinajstić information content (AvgIpc) is 3.44. The minimum atomic E-state index is -0.120. The lowest BCUT2D eigenvalue weighted by Gasteiger charge is -2.23. The highest BCUT2D eigenvalue weighted by molar-refractivity contribution is 7.17. The van der Waals surface area contributed by atoms with E-state index >= 15 is 0 Å². The van der Waals surface area contributed by atoms with E-state index in [1.807, 2.05) is 49.1 Å². The molecule has 31 heavy (non-hydrogen) atoms. The minimum absolute atomic E-state index is 0.120. The van der Waals surface area contributed by atoms with Crippen molar-refractivity contribution in [2.24, 2.45) is 7.05 Å². The van der Waals surface area contributed by atoms with Gasteiger partial charge in [-0.3, -0.25) is 14.5 Å². The van der Waals surface area contributed by atoms with Crippen molar-refractivity contribution in [2.45, 2.75) is 25.3 Å². The molecule has 0 atom stereocenters. The second kappa shape index (κ2) is 8.56. The monoisotopic (exact) mass is 433 g/mol. The smallest absolute Gasteiger partial charge is 0.270 e. The maximum absolute atomic E-state index is 12.9. The molecule has 5 rings (SSSR count). The van der Waals surface area contributed by atoms with Crippen LogP contribution in [0.5, 0.6) is 0 Å². The summed E-state index contributed by atoms with van der Waals surface area (Å²) in [6, 6.07) is 10.0. The molecule has 1 N–H and O–H groups in total. The molecular weight excluding hydrogens is 410 g/mol. The molecule has 1 aliphatic rings. The molecule has 4 aromatic rings. The summed E-state index contributed by atoms with van der Waals surface area (Å²) in [7, 11) is 1.89. The maximum Gasteiger partial charge on any atom is 0.270 e. The van der Waals surface area contributed by atoms with E-state index in [2.05, 4.69) is 26.4 Å². The molecule has 8 heteroatoms. The van der Waals surface area contributed by atoms with E-state index in [1.54, 1.807) is 16.0 Å². The molecule has 7 nitrogen and oxygen atoms in total. The van der Waals surface area contributed by atoms with E-state index in [4.69, 9.17) is 4.74 Å². The molecule has 0 aliphatic carbocycles. The molecule has 4 aromatic heterocycles. The van der Waals surface area contributed by atoms with Crippen molar-refractivity contribution in [3.8, 4) is 11.4 Å². The summed E-state index contributed by atoms with van der Waals surface area (Å²) in [6.45, 7) is 1.38. The zero-order chi connectivity index (χ0) is 21.2. The summed E-state index contributed by atoms with van der Waals surface area (Å²) < 4.78 is 8.25. The van der Waals surface area contributed by atoms with Gasteiger partial charge in [-0.2, -0.15) is 5.10 Å². The highest BCUT2D eigenvalue weighted by Gasteiger charge is 2.19. The van der Waals surface area contributed by atoms with Crippen LogP contribution in [0.4, 0.5) is 0 Å². The Morgan fingerprint density at radius 1 is 1.23 bits per heavy atom. The lowest BCUT2D eigenvalue weighted by molar-refractivity contribution is 0.0694. The normalized spacial score (nSPS) is 14.7. The summed E-state index contributed by atoms with van der Waals surface area (Å²) >= 11 is 1.65. The lowest BCUT2D eigenvalue weighted by Crippen LogP contribution is -2.39. The fourth-order valence-corrected chi connectivity index (χ4v) is 4.67. The zero-order valence-corrected chi connectivity index (χ0v) is 18.1. The molecule has 0 radical (unpaired) electrons. The third-order valence-corrected chi connectivity index (χ3v) is 6.45. The Hall–Kier alpha value is -3.10. The van der Waals surface area contributed by atoms with Gasteiger partial charge in [0.2, 0.25) is 0 Å². The van der Waals surface area contributed by atoms with Gasteiger partial charge in [0, 0.05) is 45.1 Å². The van der Waals surface area contributed by atoms with Crippen LogP contribution in [0, 0.1) is 0 Å². The Bertz CT molecular complexity index is 1210. The van der Waals surface area contributed by atoms with Crippen LogP contribution in [0.1, 0.15) is 34.5 Å². The van der Waals surface area contributed by atoms with Crippen molar-refractivity contribution >= 4 is 27.5 Å². The van der Waals surface area contributed by atoms with Crippen molar-refractivity contribution < 1.29 is 9.53 Å². The molecule has 0 unspecified atom stereocenters. The maximum atomic E-state index is 12.9. The first kappa shape index (κ1) is 19.8. The van der Waals surface area contributed by atoms with Gasteiger partial charge in [0.25, 0.3) is 5.91 Å². The van der Waals surface area contributed by atoms with E-state index < -0.39 is 0 Å². The second-order valence-electron chi connectivity index (χ2n) is 7.76. The van der Waals surface area contributed by atoms with Crippen LogP contribution in [-0.2, 0) is 18.2 Å². The Balaban J connectivity index is 1.38. The summed E-state index contributed by atoms with van der Waals surface area (Å²) in [5, 5.41) is 9.53. The quantitative estimate of drug-likeness (QED) is 0.520. The summed E-state index contributed by atoms with van der Waals surface area (Å²) in [6.07, 6.45) is 6.15. The van der Waals surface area contributed by atoms with Crippen molar-refractivity contribution in [3.63, 3.8) is 0 Å². The number of ether oxygens (including phenoxy) is 1. The van der Waals surface area contributed by atoms with Gasteiger partial charge < -0.3 is 10.1 Å². The highest BCUT2D eigenvalue weighted by atomic mass is 32.1. The van der Waals surface area contributed by atoms with Gasteiger partial charge in [-0.1, -0.05) is 6.07 Å². The van der Waals surface area contributed by atoms with Crippen molar-refractivity contribution in [1.29, 1.82) is 0 Å². The number of fused-ring (bicyclic) bond motifs is 1. The summed E-state index contributed by atoms with van der Waals surface area (Å²) in [5.74, 6) is -0.120. The van der Waals surface area contributed by atoms with Gasteiger partial charge in [0.15, 0.2) is 0 Å². The highest BCUT2D eigenvalue weighted by Crippen LogP contribution is 2.27. The predicted octanol–water partition coefficient (Wildman–Crippen LogP) is 3.59. The third kappa shape index (κ3) is 4.35. The van der Waals surface area contributed by atoms with Crippen molar-refractivity contribution in [3.05, 3.63) is 64.9 Å². The fourth-order valence-electron chi connectivity index (χ4n) is 3.82. The Morgan fingerprint density at radius 2 is 2.10 bits per heavy atom. The molecule has 0 saturated carbocycles. The van der Waals surface area contributed by atoms with E-state index in [-0.39, 0.29) is 11.9 Å². The number of hydrogen-bond acceptors (Lipinski definition) is 6. The van der Waals surface area contributed by atoms with Crippen molar-refractivity contribution in [2.75, 3.05) is 13.2 Å². The van der Waals surface area contributed by atoms with Crippen LogP contribution in [0.15, 0.2) is 48.1 Å². The summed E-state index contributed by atoms with van der Waals surface area (Å²) in [5.41, 5.74) is 5.19. The second-order valence-corrected chi connectivity index (χ2v) is 8.68. The van der Waals surface area contributed by atoms with Crippen LogP contribution in [0.25, 0.3) is 21.6 Å². The molecule has 1 amide bonds. The largest absolute Gasteiger partial charge is 0.381 e. The van der Waals surface area contributed by atoms with Gasteiger partial charge in [0.05, 0.1) is 15.9 Å². The molecule has 0 aromatic carbocycles. The van der Waals surface area contributed by atoms with E-state index in [1.165, 1.54) is 0 Å². The first-order valence-corrected chi connectivity index (χ1v) is 11.2. The number of carbonyl (C=O) groups excluding carboxylic acids is 1. The Morgan fingerprint density at radius 3 is 2.84 bits per heavy atom. The molecule has 1 fully saturated rings. The first-order valence-electron chi connectivity index (χ1n) is 10.4. The van der Waals surface area contributed by atoms with Crippen LogP contribution >= 0.6 is 11.3 Å². The summed E-state index contributed by atoms with van der Waals surface area (Å²) in [4.78, 5) is 22.0. The van der Waals surface area contributed by atoms with Crippen molar-refractivity contribution in [1.82, 2.24) is 25.1 Å². The van der Waals surface area contributed by atoms with Gasteiger partial charge in [-0.25, -0.2) is 4.98 Å². The van der Waals surface area contributed by atoms with Gasteiger partial charge in [0.1, 0.15) is 11.4 Å². The third-order valence-electron chi connectivity index (χ3n) is 5.47. The number of thiophene rings is 1. The SMILES string of the molecule is Cn1ccc(-c2ccc(Cc3cc(C(=O)NC4CCOCC4)nc4ccsc34)cn2)n1.